The number of hydrogen-bond acceptors (Lipinski definition) is 4. The smallest absolute Gasteiger partial charge is 0.158 e. The molecule has 0 aliphatic carbocycles. The quantitative estimate of drug-likeness (QED) is 0.720. The van der Waals surface area contributed by atoms with Gasteiger partial charge in [-0.3, -0.25) is 0 Å². The van der Waals surface area contributed by atoms with Crippen molar-refractivity contribution < 1.29 is 19.0 Å². The highest BCUT2D eigenvalue weighted by Gasteiger charge is 2.22. The van der Waals surface area contributed by atoms with Crippen LogP contribution in [-0.2, 0) is 9.47 Å². The normalized spacial score (nSPS) is 19.2. The van der Waals surface area contributed by atoms with Gasteiger partial charge in [0, 0.05) is 24.6 Å². The van der Waals surface area contributed by atoms with Crippen molar-refractivity contribution in [3.63, 3.8) is 0 Å². The monoisotopic (exact) mass is 436 g/mol. The largest absolute Gasteiger partial charge is 0.393 e. The van der Waals surface area contributed by atoms with Crippen LogP contribution in [0.4, 0.5) is 4.39 Å². The standard InChI is InChI=1S/C20H22BrFN2O3/c1-14(27-19-4-2-3-11-26-19)20-23-9-10-24(20)16(13-25)7-5-15-6-8-17(21)18(22)12-15/h6,8-10,12,14,16,19,25H,2-4,11,13H2,1H3/t14-,16?,19?/m0/s1. The van der Waals surface area contributed by atoms with Crippen molar-refractivity contribution >= 4 is 15.9 Å². The molecule has 1 N–H and O–H groups in total. The van der Waals surface area contributed by atoms with Gasteiger partial charge in [-0.2, -0.15) is 0 Å². The van der Waals surface area contributed by atoms with E-state index in [0.29, 0.717) is 22.5 Å². The van der Waals surface area contributed by atoms with E-state index in [9.17, 15) is 9.50 Å². The third kappa shape index (κ3) is 5.17. The van der Waals surface area contributed by atoms with Crippen LogP contribution in [0.15, 0.2) is 35.1 Å². The lowest BCUT2D eigenvalue weighted by atomic mass is 10.2. The van der Waals surface area contributed by atoms with Crippen LogP contribution in [0.3, 0.4) is 0 Å². The molecule has 2 unspecified atom stereocenters. The lowest BCUT2D eigenvalue weighted by Gasteiger charge is -2.26. The molecule has 1 aromatic heterocycles. The number of aliphatic hydroxyl groups excluding tert-OH is 1. The van der Waals surface area contributed by atoms with Gasteiger partial charge in [-0.1, -0.05) is 11.8 Å². The van der Waals surface area contributed by atoms with Crippen LogP contribution < -0.4 is 0 Å². The minimum atomic E-state index is -0.507. The maximum absolute atomic E-state index is 13.6. The highest BCUT2D eigenvalue weighted by atomic mass is 79.9. The molecular weight excluding hydrogens is 415 g/mol. The lowest BCUT2D eigenvalue weighted by molar-refractivity contribution is -0.188. The molecular formula is C20H22BrFN2O3. The van der Waals surface area contributed by atoms with Gasteiger partial charge in [-0.05, 0) is 60.3 Å². The molecule has 2 heterocycles. The Morgan fingerprint density at radius 3 is 3.04 bits per heavy atom. The molecule has 0 radical (unpaired) electrons. The number of ether oxygens (including phenoxy) is 2. The van der Waals surface area contributed by atoms with E-state index in [1.54, 1.807) is 29.1 Å². The van der Waals surface area contributed by atoms with E-state index in [2.05, 4.69) is 32.8 Å². The van der Waals surface area contributed by atoms with Crippen molar-refractivity contribution in [2.24, 2.45) is 0 Å². The maximum atomic E-state index is 13.6. The highest BCUT2D eigenvalue weighted by molar-refractivity contribution is 9.10. The number of imidazole rings is 1. The van der Waals surface area contributed by atoms with Gasteiger partial charge in [0.05, 0.1) is 11.1 Å². The summed E-state index contributed by atoms with van der Waals surface area (Å²) in [6, 6.07) is 4.17. The fourth-order valence-corrected chi connectivity index (χ4v) is 3.20. The maximum Gasteiger partial charge on any atom is 0.158 e. The molecule has 0 spiro atoms. The van der Waals surface area contributed by atoms with Crippen LogP contribution in [-0.4, -0.2) is 34.2 Å². The molecule has 1 aromatic carbocycles. The third-order valence-corrected chi connectivity index (χ3v) is 5.01. The zero-order valence-electron chi connectivity index (χ0n) is 15.1. The van der Waals surface area contributed by atoms with Crippen molar-refractivity contribution in [3.8, 4) is 11.8 Å². The van der Waals surface area contributed by atoms with E-state index < -0.39 is 6.04 Å². The molecule has 1 aliphatic heterocycles. The first kappa shape index (κ1) is 20.0. The Morgan fingerprint density at radius 1 is 1.48 bits per heavy atom. The molecule has 1 saturated heterocycles. The van der Waals surface area contributed by atoms with Gasteiger partial charge in [-0.15, -0.1) is 0 Å². The van der Waals surface area contributed by atoms with Crippen molar-refractivity contribution in [1.29, 1.82) is 0 Å². The van der Waals surface area contributed by atoms with Gasteiger partial charge in [0.15, 0.2) is 6.29 Å². The number of aromatic nitrogens is 2. The molecule has 5 nitrogen and oxygen atoms in total. The number of nitrogens with zero attached hydrogens (tertiary/aromatic N) is 2. The molecule has 3 atom stereocenters. The zero-order chi connectivity index (χ0) is 19.2. The van der Waals surface area contributed by atoms with Gasteiger partial charge in [-0.25, -0.2) is 9.37 Å². The lowest BCUT2D eigenvalue weighted by Crippen LogP contribution is -2.25. The fraction of sp³-hybridized carbons (Fsp3) is 0.450. The van der Waals surface area contributed by atoms with Crippen molar-refractivity contribution in [3.05, 3.63) is 52.3 Å². The first-order valence-corrected chi connectivity index (χ1v) is 9.75. The molecule has 1 aliphatic rings. The summed E-state index contributed by atoms with van der Waals surface area (Å²) in [7, 11) is 0. The van der Waals surface area contributed by atoms with E-state index in [1.807, 2.05) is 6.92 Å². The summed E-state index contributed by atoms with van der Waals surface area (Å²) in [5.41, 5.74) is 0.538. The molecule has 0 bridgehead atoms. The molecule has 1 fully saturated rings. The van der Waals surface area contributed by atoms with Crippen molar-refractivity contribution in [2.45, 2.75) is 44.6 Å². The van der Waals surface area contributed by atoms with E-state index in [0.717, 1.165) is 19.3 Å². The number of halogens is 2. The van der Waals surface area contributed by atoms with Gasteiger partial charge >= 0.3 is 0 Å². The SMILES string of the molecule is C[C@H](OC1CCCCO1)c1nccn1C(C#Cc1ccc(Br)c(F)c1)CO. The van der Waals surface area contributed by atoms with E-state index in [-0.39, 0.29) is 24.8 Å². The van der Waals surface area contributed by atoms with Gasteiger partial charge in [0.1, 0.15) is 23.8 Å². The van der Waals surface area contributed by atoms with Gasteiger partial charge < -0.3 is 19.1 Å². The second-order valence-electron chi connectivity index (χ2n) is 6.36. The molecule has 144 valence electrons. The molecule has 2 aromatic rings. The van der Waals surface area contributed by atoms with E-state index >= 15 is 0 Å². The van der Waals surface area contributed by atoms with E-state index in [4.69, 9.17) is 9.47 Å². The van der Waals surface area contributed by atoms with Crippen LogP contribution in [0, 0.1) is 17.7 Å². The summed E-state index contributed by atoms with van der Waals surface area (Å²) >= 11 is 3.12. The summed E-state index contributed by atoms with van der Waals surface area (Å²) in [6.45, 7) is 2.42. The Bertz CT molecular complexity index is 824. The van der Waals surface area contributed by atoms with Crippen LogP contribution in [0.2, 0.25) is 0 Å². The van der Waals surface area contributed by atoms with E-state index in [1.165, 1.54) is 6.07 Å². The Hall–Kier alpha value is -1.72. The predicted molar refractivity (Wildman–Crippen MR) is 102 cm³/mol. The predicted octanol–water partition coefficient (Wildman–Crippen LogP) is 3.97. The summed E-state index contributed by atoms with van der Waals surface area (Å²) in [5.74, 6) is 6.19. The van der Waals surface area contributed by atoms with Crippen LogP contribution in [0.25, 0.3) is 0 Å². The second kappa shape index (κ2) is 9.47. The molecule has 0 saturated carbocycles. The van der Waals surface area contributed by atoms with Gasteiger partial charge in [0.25, 0.3) is 0 Å². The number of rotatable bonds is 5. The average molecular weight is 437 g/mol. The minimum Gasteiger partial charge on any atom is -0.393 e. The van der Waals surface area contributed by atoms with Crippen LogP contribution in [0.1, 0.15) is 49.7 Å². The Labute approximate surface area is 166 Å². The first-order valence-electron chi connectivity index (χ1n) is 8.95. The Kier molecular flexibility index (Phi) is 7.02. The molecule has 3 rings (SSSR count). The summed E-state index contributed by atoms with van der Waals surface area (Å²) < 4.78 is 27.4. The fourth-order valence-electron chi connectivity index (χ4n) is 2.95. The summed E-state index contributed by atoms with van der Waals surface area (Å²) in [6.07, 6.45) is 5.88. The molecule has 0 amide bonds. The number of benzene rings is 1. The average Bonchev–Trinajstić information content (AvgIpc) is 3.16. The van der Waals surface area contributed by atoms with Crippen LogP contribution >= 0.6 is 15.9 Å². The van der Waals surface area contributed by atoms with Crippen molar-refractivity contribution in [1.82, 2.24) is 9.55 Å². The highest BCUT2D eigenvalue weighted by Crippen LogP contribution is 2.24. The molecule has 27 heavy (non-hydrogen) atoms. The topological polar surface area (TPSA) is 56.5 Å². The number of hydrogen-bond donors (Lipinski definition) is 1. The zero-order valence-corrected chi connectivity index (χ0v) is 16.7. The summed E-state index contributed by atoms with van der Waals surface area (Å²) in [5, 5.41) is 9.80. The number of aliphatic hydroxyl groups is 1. The Balaban J connectivity index is 1.75. The third-order valence-electron chi connectivity index (χ3n) is 4.37. The van der Waals surface area contributed by atoms with Crippen molar-refractivity contribution in [2.75, 3.05) is 13.2 Å². The second-order valence-corrected chi connectivity index (χ2v) is 7.22. The summed E-state index contributed by atoms with van der Waals surface area (Å²) in [4.78, 5) is 4.37. The van der Waals surface area contributed by atoms with Gasteiger partial charge in [0.2, 0.25) is 0 Å². The van der Waals surface area contributed by atoms with Crippen LogP contribution in [0.5, 0.6) is 0 Å². The Morgan fingerprint density at radius 2 is 2.33 bits per heavy atom. The first-order chi connectivity index (χ1) is 13.1. The minimum absolute atomic E-state index is 0.192. The molecule has 7 heteroatoms.